The van der Waals surface area contributed by atoms with Crippen molar-refractivity contribution in [2.24, 2.45) is 5.84 Å². The van der Waals surface area contributed by atoms with Crippen LogP contribution in [0.5, 0.6) is 0 Å². The molecule has 1 aliphatic carbocycles. The molecule has 2 nitrogen and oxygen atoms in total. The van der Waals surface area contributed by atoms with Gasteiger partial charge in [-0.15, -0.1) is 11.3 Å². The standard InChI is InChI=1S/C13H20N2S/c1-10-7-8-13(16-10)12(15-14)9-11-5-3-2-4-6-11/h5,7-8,12,15H,2-4,6,9,14H2,1H3. The molecule has 0 saturated carbocycles. The van der Waals surface area contributed by atoms with Gasteiger partial charge < -0.3 is 0 Å². The Labute approximate surface area is 102 Å². The maximum absolute atomic E-state index is 5.66. The van der Waals surface area contributed by atoms with E-state index < -0.39 is 0 Å². The Balaban J connectivity index is 2.02. The number of rotatable bonds is 4. The summed E-state index contributed by atoms with van der Waals surface area (Å²) in [7, 11) is 0. The van der Waals surface area contributed by atoms with Crippen molar-refractivity contribution in [2.75, 3.05) is 0 Å². The third-order valence-corrected chi connectivity index (χ3v) is 4.27. The SMILES string of the molecule is Cc1ccc(C(CC2=CCCCC2)NN)s1. The van der Waals surface area contributed by atoms with E-state index in [0.29, 0.717) is 6.04 Å². The predicted octanol–water partition coefficient (Wildman–Crippen LogP) is 3.45. The molecule has 1 aromatic rings. The lowest BCUT2D eigenvalue weighted by atomic mass is 9.94. The molecular formula is C13H20N2S. The minimum absolute atomic E-state index is 0.294. The van der Waals surface area contributed by atoms with E-state index in [1.807, 2.05) is 11.3 Å². The van der Waals surface area contributed by atoms with Gasteiger partial charge in [0.1, 0.15) is 0 Å². The Bertz CT molecular complexity index is 368. The first kappa shape index (κ1) is 11.8. The van der Waals surface area contributed by atoms with Crippen LogP contribution in [0, 0.1) is 6.92 Å². The lowest BCUT2D eigenvalue weighted by molar-refractivity contribution is 0.536. The van der Waals surface area contributed by atoms with Gasteiger partial charge in [-0.2, -0.15) is 0 Å². The Morgan fingerprint density at radius 1 is 1.44 bits per heavy atom. The maximum Gasteiger partial charge on any atom is 0.0590 e. The maximum atomic E-state index is 5.66. The molecule has 16 heavy (non-hydrogen) atoms. The van der Waals surface area contributed by atoms with Crippen molar-refractivity contribution in [3.05, 3.63) is 33.5 Å². The van der Waals surface area contributed by atoms with Crippen LogP contribution in [-0.2, 0) is 0 Å². The molecule has 0 spiro atoms. The van der Waals surface area contributed by atoms with Gasteiger partial charge in [-0.25, -0.2) is 0 Å². The number of hydrogen-bond acceptors (Lipinski definition) is 3. The van der Waals surface area contributed by atoms with Gasteiger partial charge in [-0.05, 0) is 51.2 Å². The van der Waals surface area contributed by atoms with Crippen molar-refractivity contribution in [1.82, 2.24) is 5.43 Å². The van der Waals surface area contributed by atoms with Crippen LogP contribution < -0.4 is 11.3 Å². The molecule has 0 saturated heterocycles. The van der Waals surface area contributed by atoms with Crippen molar-refractivity contribution >= 4 is 11.3 Å². The summed E-state index contributed by atoms with van der Waals surface area (Å²) < 4.78 is 0. The molecular weight excluding hydrogens is 216 g/mol. The van der Waals surface area contributed by atoms with Crippen molar-refractivity contribution in [2.45, 2.75) is 45.1 Å². The zero-order valence-electron chi connectivity index (χ0n) is 9.83. The van der Waals surface area contributed by atoms with Gasteiger partial charge in [-0.3, -0.25) is 11.3 Å². The van der Waals surface area contributed by atoms with E-state index in [2.05, 4.69) is 30.6 Å². The van der Waals surface area contributed by atoms with Gasteiger partial charge in [0.25, 0.3) is 0 Å². The number of allylic oxidation sites excluding steroid dienone is 1. The zero-order valence-corrected chi connectivity index (χ0v) is 10.6. The van der Waals surface area contributed by atoms with Gasteiger partial charge in [0.05, 0.1) is 6.04 Å². The topological polar surface area (TPSA) is 38.0 Å². The first-order valence-electron chi connectivity index (χ1n) is 6.00. The summed E-state index contributed by atoms with van der Waals surface area (Å²) in [6.07, 6.45) is 8.65. The van der Waals surface area contributed by atoms with Gasteiger partial charge in [0.2, 0.25) is 0 Å². The molecule has 88 valence electrons. The first-order chi connectivity index (χ1) is 7.79. The van der Waals surface area contributed by atoms with E-state index >= 15 is 0 Å². The molecule has 0 radical (unpaired) electrons. The van der Waals surface area contributed by atoms with Crippen LogP contribution in [-0.4, -0.2) is 0 Å². The number of nitrogens with one attached hydrogen (secondary N) is 1. The minimum atomic E-state index is 0.294. The molecule has 0 aromatic carbocycles. The van der Waals surface area contributed by atoms with Crippen LogP contribution in [0.2, 0.25) is 0 Å². The molecule has 0 bridgehead atoms. The molecule has 1 heterocycles. The summed E-state index contributed by atoms with van der Waals surface area (Å²) in [5, 5.41) is 0. The Kier molecular flexibility index (Phi) is 4.16. The van der Waals surface area contributed by atoms with Crippen molar-refractivity contribution in [1.29, 1.82) is 0 Å². The highest BCUT2D eigenvalue weighted by Crippen LogP contribution is 2.30. The Morgan fingerprint density at radius 2 is 2.31 bits per heavy atom. The fraction of sp³-hybridized carbons (Fsp3) is 0.538. The van der Waals surface area contributed by atoms with Gasteiger partial charge >= 0.3 is 0 Å². The molecule has 0 amide bonds. The second-order valence-corrected chi connectivity index (χ2v) is 5.80. The number of hydrazine groups is 1. The number of nitrogens with two attached hydrogens (primary N) is 1. The summed E-state index contributed by atoms with van der Waals surface area (Å²) in [6.45, 7) is 2.14. The van der Waals surface area contributed by atoms with Crippen LogP contribution >= 0.6 is 11.3 Å². The summed E-state index contributed by atoms with van der Waals surface area (Å²) >= 11 is 1.84. The molecule has 3 heteroatoms. The fourth-order valence-corrected chi connectivity index (χ4v) is 3.17. The molecule has 1 unspecified atom stereocenters. The molecule has 3 N–H and O–H groups in total. The second kappa shape index (κ2) is 5.62. The average Bonchev–Trinajstić information content (AvgIpc) is 2.74. The first-order valence-corrected chi connectivity index (χ1v) is 6.81. The summed E-state index contributed by atoms with van der Waals surface area (Å²) in [4.78, 5) is 2.71. The van der Waals surface area contributed by atoms with Crippen LogP contribution in [0.4, 0.5) is 0 Å². The number of thiophene rings is 1. The second-order valence-electron chi connectivity index (χ2n) is 4.48. The summed E-state index contributed by atoms with van der Waals surface area (Å²) in [5.41, 5.74) is 4.52. The molecule has 2 rings (SSSR count). The highest BCUT2D eigenvalue weighted by molar-refractivity contribution is 7.12. The fourth-order valence-electron chi connectivity index (χ4n) is 2.23. The predicted molar refractivity (Wildman–Crippen MR) is 70.3 cm³/mol. The molecule has 1 aliphatic rings. The van der Waals surface area contributed by atoms with E-state index in [-0.39, 0.29) is 0 Å². The Hall–Kier alpha value is -0.640. The van der Waals surface area contributed by atoms with Crippen LogP contribution in [0.3, 0.4) is 0 Å². The van der Waals surface area contributed by atoms with Crippen LogP contribution in [0.25, 0.3) is 0 Å². The lowest BCUT2D eigenvalue weighted by Gasteiger charge is -2.19. The summed E-state index contributed by atoms with van der Waals surface area (Å²) in [6, 6.07) is 4.65. The highest BCUT2D eigenvalue weighted by Gasteiger charge is 2.14. The molecule has 1 aromatic heterocycles. The largest absolute Gasteiger partial charge is 0.271 e. The van der Waals surface area contributed by atoms with E-state index in [4.69, 9.17) is 5.84 Å². The average molecular weight is 236 g/mol. The zero-order chi connectivity index (χ0) is 11.4. The number of aryl methyl sites for hydroxylation is 1. The molecule has 1 atom stereocenters. The molecule has 0 fully saturated rings. The van der Waals surface area contributed by atoms with Crippen LogP contribution in [0.1, 0.15) is 47.9 Å². The summed E-state index contributed by atoms with van der Waals surface area (Å²) in [5.74, 6) is 5.66. The highest BCUT2D eigenvalue weighted by atomic mass is 32.1. The third kappa shape index (κ3) is 2.94. The van der Waals surface area contributed by atoms with Crippen molar-refractivity contribution in [3.8, 4) is 0 Å². The van der Waals surface area contributed by atoms with Gasteiger partial charge in [-0.1, -0.05) is 11.6 Å². The Morgan fingerprint density at radius 3 is 2.88 bits per heavy atom. The normalized spacial score (nSPS) is 18.2. The van der Waals surface area contributed by atoms with E-state index in [1.165, 1.54) is 35.4 Å². The third-order valence-electron chi connectivity index (χ3n) is 3.16. The quantitative estimate of drug-likeness (QED) is 0.477. The van der Waals surface area contributed by atoms with Gasteiger partial charge in [0.15, 0.2) is 0 Å². The van der Waals surface area contributed by atoms with E-state index in [1.54, 1.807) is 5.57 Å². The van der Waals surface area contributed by atoms with Gasteiger partial charge in [0, 0.05) is 9.75 Å². The van der Waals surface area contributed by atoms with E-state index in [0.717, 1.165) is 6.42 Å². The van der Waals surface area contributed by atoms with Crippen LogP contribution in [0.15, 0.2) is 23.8 Å². The number of hydrogen-bond donors (Lipinski definition) is 2. The monoisotopic (exact) mass is 236 g/mol. The van der Waals surface area contributed by atoms with E-state index in [9.17, 15) is 0 Å². The smallest absolute Gasteiger partial charge is 0.0590 e. The molecule has 0 aliphatic heterocycles. The minimum Gasteiger partial charge on any atom is -0.271 e. The van der Waals surface area contributed by atoms with Crippen molar-refractivity contribution in [3.63, 3.8) is 0 Å². The van der Waals surface area contributed by atoms with Crippen molar-refractivity contribution < 1.29 is 0 Å². The lowest BCUT2D eigenvalue weighted by Crippen LogP contribution is -2.27.